The third kappa shape index (κ3) is 1.94. The zero-order valence-electron chi connectivity index (χ0n) is 11.9. The number of hydrogen-bond donors (Lipinski definition) is 0. The fourth-order valence-corrected chi connectivity index (χ4v) is 3.05. The Hall–Kier alpha value is -1.31. The van der Waals surface area contributed by atoms with Crippen LogP contribution in [0.1, 0.15) is 33.3 Å². The van der Waals surface area contributed by atoms with E-state index in [0.29, 0.717) is 12.2 Å². The maximum Gasteiger partial charge on any atom is 0.141 e. The maximum absolute atomic E-state index is 12.3. The predicted molar refractivity (Wildman–Crippen MR) is 72.8 cm³/mol. The molecule has 0 radical (unpaired) electrons. The van der Waals surface area contributed by atoms with E-state index in [1.54, 1.807) is 7.11 Å². The van der Waals surface area contributed by atoms with Crippen LogP contribution in [0.3, 0.4) is 0 Å². The first-order valence-electron chi connectivity index (χ1n) is 6.46. The fraction of sp³-hybridized carbons (Fsp3) is 0.562. The molecule has 0 aromatic heterocycles. The van der Waals surface area contributed by atoms with E-state index in [-0.39, 0.29) is 16.7 Å². The predicted octanol–water partition coefficient (Wildman–Crippen LogP) is 3.49. The Morgan fingerprint density at radius 2 is 1.61 bits per heavy atom. The number of methoxy groups -OCH3 is 1. The number of ketones is 1. The van der Waals surface area contributed by atoms with E-state index >= 15 is 0 Å². The number of ether oxygens (including phenoxy) is 1. The van der Waals surface area contributed by atoms with Gasteiger partial charge in [0.05, 0.1) is 7.11 Å². The Bertz CT molecular complexity index is 440. The highest BCUT2D eigenvalue weighted by molar-refractivity contribution is 5.88. The molecule has 2 rings (SSSR count). The van der Waals surface area contributed by atoms with Gasteiger partial charge in [-0.1, -0.05) is 39.8 Å². The number of hydrogen-bond acceptors (Lipinski definition) is 2. The number of Topliss-reactive ketones (excluding diaryl/α,β-unsaturated/α-hetero) is 1. The van der Waals surface area contributed by atoms with Gasteiger partial charge in [0.1, 0.15) is 11.5 Å². The molecule has 1 aliphatic rings. The SMILES string of the molecule is COc1ccc(CC(=O)C2C(C)(C)C2(C)C)cc1. The maximum atomic E-state index is 12.3. The van der Waals surface area contributed by atoms with Crippen molar-refractivity contribution >= 4 is 5.78 Å². The van der Waals surface area contributed by atoms with Gasteiger partial charge in [0.2, 0.25) is 0 Å². The van der Waals surface area contributed by atoms with Gasteiger partial charge in [0.25, 0.3) is 0 Å². The molecule has 1 fully saturated rings. The molecule has 0 bridgehead atoms. The van der Waals surface area contributed by atoms with Crippen molar-refractivity contribution in [3.05, 3.63) is 29.8 Å². The lowest BCUT2D eigenvalue weighted by Crippen LogP contribution is -2.10. The van der Waals surface area contributed by atoms with Crippen LogP contribution in [-0.2, 0) is 11.2 Å². The van der Waals surface area contributed by atoms with Gasteiger partial charge in [0.15, 0.2) is 0 Å². The van der Waals surface area contributed by atoms with Crippen LogP contribution in [0.4, 0.5) is 0 Å². The molecule has 0 heterocycles. The molecule has 0 saturated heterocycles. The summed E-state index contributed by atoms with van der Waals surface area (Å²) in [6, 6.07) is 7.76. The molecule has 18 heavy (non-hydrogen) atoms. The highest BCUT2D eigenvalue weighted by Crippen LogP contribution is 2.68. The van der Waals surface area contributed by atoms with Crippen LogP contribution in [0.2, 0.25) is 0 Å². The summed E-state index contributed by atoms with van der Waals surface area (Å²) in [6.45, 7) is 8.74. The molecule has 0 amide bonds. The van der Waals surface area contributed by atoms with Crippen LogP contribution in [0.5, 0.6) is 5.75 Å². The molecule has 1 saturated carbocycles. The normalized spacial score (nSPS) is 20.5. The van der Waals surface area contributed by atoms with Crippen LogP contribution in [0.15, 0.2) is 24.3 Å². The molecule has 0 aliphatic heterocycles. The molecule has 1 aromatic rings. The van der Waals surface area contributed by atoms with Crippen LogP contribution in [-0.4, -0.2) is 12.9 Å². The molecule has 98 valence electrons. The van der Waals surface area contributed by atoms with Gasteiger partial charge in [-0.2, -0.15) is 0 Å². The molecule has 2 heteroatoms. The first-order chi connectivity index (χ1) is 8.30. The van der Waals surface area contributed by atoms with Crippen molar-refractivity contribution in [1.29, 1.82) is 0 Å². The summed E-state index contributed by atoms with van der Waals surface area (Å²) in [5.41, 5.74) is 1.34. The van der Waals surface area contributed by atoms with Crippen LogP contribution in [0.25, 0.3) is 0 Å². The van der Waals surface area contributed by atoms with Crippen molar-refractivity contribution in [1.82, 2.24) is 0 Å². The quantitative estimate of drug-likeness (QED) is 0.813. The van der Waals surface area contributed by atoms with Gasteiger partial charge in [0, 0.05) is 12.3 Å². The van der Waals surface area contributed by atoms with Gasteiger partial charge in [-0.3, -0.25) is 4.79 Å². The summed E-state index contributed by atoms with van der Waals surface area (Å²) >= 11 is 0. The Morgan fingerprint density at radius 1 is 1.11 bits per heavy atom. The first kappa shape index (κ1) is 13.1. The van der Waals surface area contributed by atoms with Crippen molar-refractivity contribution < 1.29 is 9.53 Å². The van der Waals surface area contributed by atoms with E-state index < -0.39 is 0 Å². The molecule has 0 atom stereocenters. The average Bonchev–Trinajstić information content (AvgIpc) is 2.70. The summed E-state index contributed by atoms with van der Waals surface area (Å²) in [5.74, 6) is 1.38. The zero-order valence-corrected chi connectivity index (χ0v) is 11.9. The minimum atomic E-state index is 0.135. The molecule has 0 N–H and O–H groups in total. The summed E-state index contributed by atoms with van der Waals surface area (Å²) in [6.07, 6.45) is 0.529. The molecule has 0 unspecified atom stereocenters. The second-order valence-electron chi connectivity index (χ2n) is 6.37. The first-order valence-corrected chi connectivity index (χ1v) is 6.46. The van der Waals surface area contributed by atoms with E-state index in [9.17, 15) is 4.79 Å². The number of rotatable bonds is 4. The van der Waals surface area contributed by atoms with E-state index in [0.717, 1.165) is 11.3 Å². The summed E-state index contributed by atoms with van der Waals surface area (Å²) in [5, 5.41) is 0. The lowest BCUT2D eigenvalue weighted by Gasteiger charge is -2.04. The molecular formula is C16H22O2. The van der Waals surface area contributed by atoms with Crippen LogP contribution < -0.4 is 4.74 Å². The molecule has 1 aromatic carbocycles. The van der Waals surface area contributed by atoms with Crippen molar-refractivity contribution in [3.63, 3.8) is 0 Å². The number of carbonyl (C=O) groups excluding carboxylic acids is 1. The van der Waals surface area contributed by atoms with E-state index in [2.05, 4.69) is 27.7 Å². The minimum absolute atomic E-state index is 0.135. The van der Waals surface area contributed by atoms with E-state index in [1.165, 1.54) is 0 Å². The largest absolute Gasteiger partial charge is 0.497 e. The standard InChI is InChI=1S/C16H22O2/c1-15(2)14(16(15,3)4)13(17)10-11-6-8-12(18-5)9-7-11/h6-9,14H,10H2,1-5H3. The molecule has 2 nitrogen and oxygen atoms in total. The summed E-state index contributed by atoms with van der Waals surface area (Å²) in [4.78, 5) is 12.3. The molecule has 1 aliphatic carbocycles. The van der Waals surface area contributed by atoms with Crippen molar-refractivity contribution in [2.24, 2.45) is 16.7 Å². The second-order valence-corrected chi connectivity index (χ2v) is 6.37. The number of carbonyl (C=O) groups is 1. The van der Waals surface area contributed by atoms with Gasteiger partial charge in [-0.15, -0.1) is 0 Å². The zero-order chi connectivity index (χ0) is 13.6. The Balaban J connectivity index is 2.05. The fourth-order valence-electron chi connectivity index (χ4n) is 3.05. The highest BCUT2D eigenvalue weighted by Gasteiger charge is 2.67. The number of benzene rings is 1. The Morgan fingerprint density at radius 3 is 2.00 bits per heavy atom. The van der Waals surface area contributed by atoms with Crippen molar-refractivity contribution in [2.45, 2.75) is 34.1 Å². The van der Waals surface area contributed by atoms with Gasteiger partial charge < -0.3 is 4.74 Å². The lowest BCUT2D eigenvalue weighted by molar-refractivity contribution is -0.120. The molecular weight excluding hydrogens is 224 g/mol. The van der Waals surface area contributed by atoms with Gasteiger partial charge in [-0.25, -0.2) is 0 Å². The lowest BCUT2D eigenvalue weighted by atomic mass is 10.0. The van der Waals surface area contributed by atoms with Crippen molar-refractivity contribution in [2.75, 3.05) is 7.11 Å². The topological polar surface area (TPSA) is 26.3 Å². The second kappa shape index (κ2) is 4.11. The highest BCUT2D eigenvalue weighted by atomic mass is 16.5. The summed E-state index contributed by atoms with van der Waals surface area (Å²) in [7, 11) is 1.65. The summed E-state index contributed by atoms with van der Waals surface area (Å²) < 4.78 is 5.12. The Kier molecular flexibility index (Phi) is 3.00. The monoisotopic (exact) mass is 246 g/mol. The van der Waals surface area contributed by atoms with E-state index in [4.69, 9.17) is 4.74 Å². The van der Waals surface area contributed by atoms with Crippen LogP contribution >= 0.6 is 0 Å². The van der Waals surface area contributed by atoms with Crippen molar-refractivity contribution in [3.8, 4) is 5.75 Å². The van der Waals surface area contributed by atoms with Gasteiger partial charge in [-0.05, 0) is 28.5 Å². The smallest absolute Gasteiger partial charge is 0.141 e. The Labute approximate surface area is 109 Å². The van der Waals surface area contributed by atoms with Gasteiger partial charge >= 0.3 is 0 Å². The third-order valence-electron chi connectivity index (χ3n) is 4.88. The average molecular weight is 246 g/mol. The van der Waals surface area contributed by atoms with Crippen LogP contribution in [0, 0.1) is 16.7 Å². The van der Waals surface area contributed by atoms with E-state index in [1.807, 2.05) is 24.3 Å². The minimum Gasteiger partial charge on any atom is -0.497 e. The third-order valence-corrected chi connectivity index (χ3v) is 4.88. The molecule has 0 spiro atoms.